The molecule has 2 aromatic rings. The van der Waals surface area contributed by atoms with Gasteiger partial charge in [-0.25, -0.2) is 0 Å². The highest BCUT2D eigenvalue weighted by molar-refractivity contribution is 7.15. The van der Waals surface area contributed by atoms with Crippen molar-refractivity contribution >= 4 is 23.7 Å². The lowest BCUT2D eigenvalue weighted by atomic mass is 9.77. The second-order valence-electron chi connectivity index (χ2n) is 4.34. The maximum Gasteiger partial charge on any atom is 0.268 e. The minimum Gasteiger partial charge on any atom is -0.333 e. The zero-order chi connectivity index (χ0) is 11.2. The molecular formula is C11H14ClN3OS. The van der Waals surface area contributed by atoms with Gasteiger partial charge in [0.1, 0.15) is 0 Å². The molecule has 1 aliphatic rings. The highest BCUT2D eigenvalue weighted by atomic mass is 35.5. The summed E-state index contributed by atoms with van der Waals surface area (Å²) in [4.78, 5) is 6.65. The first-order valence-corrected chi connectivity index (χ1v) is 6.19. The van der Waals surface area contributed by atoms with Crippen LogP contribution in [0.1, 0.15) is 30.0 Å². The fourth-order valence-corrected chi connectivity index (χ4v) is 2.65. The molecule has 1 fully saturated rings. The van der Waals surface area contributed by atoms with Crippen LogP contribution in [0.5, 0.6) is 0 Å². The van der Waals surface area contributed by atoms with Gasteiger partial charge in [-0.3, -0.25) is 0 Å². The van der Waals surface area contributed by atoms with Gasteiger partial charge >= 0.3 is 0 Å². The van der Waals surface area contributed by atoms with Gasteiger partial charge in [0.2, 0.25) is 0 Å². The second-order valence-corrected chi connectivity index (χ2v) is 5.63. The van der Waals surface area contributed by atoms with E-state index in [1.807, 2.05) is 12.1 Å². The van der Waals surface area contributed by atoms with E-state index in [2.05, 4.69) is 17.1 Å². The van der Waals surface area contributed by atoms with Crippen LogP contribution in [-0.4, -0.2) is 10.1 Å². The van der Waals surface area contributed by atoms with Crippen molar-refractivity contribution in [1.82, 2.24) is 10.1 Å². The van der Waals surface area contributed by atoms with Crippen LogP contribution in [0.2, 0.25) is 0 Å². The summed E-state index contributed by atoms with van der Waals surface area (Å²) in [6.45, 7) is 2.06. The predicted octanol–water partition coefficient (Wildman–Crippen LogP) is 2.87. The van der Waals surface area contributed by atoms with Crippen molar-refractivity contribution in [2.75, 3.05) is 0 Å². The first kappa shape index (κ1) is 12.5. The summed E-state index contributed by atoms with van der Waals surface area (Å²) in [5.41, 5.74) is 5.80. The number of nitrogens with two attached hydrogens (primary N) is 1. The van der Waals surface area contributed by atoms with Gasteiger partial charge in [-0.2, -0.15) is 4.98 Å². The topological polar surface area (TPSA) is 64.9 Å². The monoisotopic (exact) mass is 271 g/mol. The minimum atomic E-state index is -0.339. The molecule has 0 spiro atoms. The van der Waals surface area contributed by atoms with Gasteiger partial charge in [0.15, 0.2) is 5.82 Å². The molecule has 2 aromatic heterocycles. The Bertz CT molecular complexity index is 518. The van der Waals surface area contributed by atoms with Gasteiger partial charge in [-0.15, -0.1) is 23.7 Å². The molecule has 3 rings (SSSR count). The van der Waals surface area contributed by atoms with E-state index in [9.17, 15) is 0 Å². The fraction of sp³-hybridized carbons (Fsp3) is 0.455. The second kappa shape index (κ2) is 4.40. The summed E-state index contributed by atoms with van der Waals surface area (Å²) in [5, 5.41) is 3.99. The zero-order valence-electron chi connectivity index (χ0n) is 9.47. The molecule has 2 heterocycles. The lowest BCUT2D eigenvalue weighted by Crippen LogP contribution is -2.44. The van der Waals surface area contributed by atoms with Crippen molar-refractivity contribution in [1.29, 1.82) is 0 Å². The third-order valence-corrected chi connectivity index (χ3v) is 4.06. The van der Waals surface area contributed by atoms with Crippen LogP contribution in [0.25, 0.3) is 10.8 Å². The molecule has 0 saturated heterocycles. The smallest absolute Gasteiger partial charge is 0.268 e. The maximum absolute atomic E-state index is 6.14. The predicted molar refractivity (Wildman–Crippen MR) is 69.3 cm³/mol. The molecule has 0 aliphatic heterocycles. The summed E-state index contributed by atoms with van der Waals surface area (Å²) in [5.74, 6) is 1.24. The summed E-state index contributed by atoms with van der Waals surface area (Å²) in [6, 6.07) is 4.05. The van der Waals surface area contributed by atoms with Crippen molar-refractivity contribution in [3.63, 3.8) is 0 Å². The van der Waals surface area contributed by atoms with Gasteiger partial charge < -0.3 is 10.3 Å². The number of aryl methyl sites for hydroxylation is 1. The Morgan fingerprint density at radius 2 is 2.18 bits per heavy atom. The van der Waals surface area contributed by atoms with E-state index >= 15 is 0 Å². The van der Waals surface area contributed by atoms with E-state index in [4.69, 9.17) is 10.3 Å². The molecule has 1 aliphatic carbocycles. The normalized spacial score (nSPS) is 17.3. The van der Waals surface area contributed by atoms with Crippen LogP contribution >= 0.6 is 23.7 Å². The van der Waals surface area contributed by atoms with Crippen molar-refractivity contribution < 1.29 is 4.52 Å². The molecule has 1 saturated carbocycles. The van der Waals surface area contributed by atoms with Crippen LogP contribution < -0.4 is 5.73 Å². The largest absolute Gasteiger partial charge is 0.333 e. The summed E-state index contributed by atoms with van der Waals surface area (Å²) < 4.78 is 5.26. The Labute approximate surface area is 110 Å². The van der Waals surface area contributed by atoms with E-state index in [0.29, 0.717) is 11.7 Å². The fourth-order valence-electron chi connectivity index (χ4n) is 1.86. The molecule has 0 atom stereocenters. The highest BCUT2D eigenvalue weighted by Crippen LogP contribution is 2.38. The number of aromatic nitrogens is 2. The molecule has 92 valence electrons. The standard InChI is InChI=1S/C11H13N3OS.ClH/c1-7-3-4-8(16-7)9-13-10(14-15-9)11(12)5-2-6-11;/h3-4H,2,5-6,12H2,1H3;1H. The molecule has 0 bridgehead atoms. The van der Waals surface area contributed by atoms with Crippen LogP contribution in [0, 0.1) is 6.92 Å². The highest BCUT2D eigenvalue weighted by Gasteiger charge is 2.39. The van der Waals surface area contributed by atoms with Crippen LogP contribution in [0.4, 0.5) is 0 Å². The molecule has 0 unspecified atom stereocenters. The van der Waals surface area contributed by atoms with E-state index < -0.39 is 0 Å². The van der Waals surface area contributed by atoms with E-state index in [1.54, 1.807) is 11.3 Å². The summed E-state index contributed by atoms with van der Waals surface area (Å²) in [6.07, 6.45) is 3.06. The van der Waals surface area contributed by atoms with Crippen molar-refractivity contribution in [3.8, 4) is 10.8 Å². The first-order chi connectivity index (χ1) is 7.67. The molecule has 0 amide bonds. The van der Waals surface area contributed by atoms with Crippen LogP contribution in [0.15, 0.2) is 16.7 Å². The van der Waals surface area contributed by atoms with Gasteiger partial charge in [-0.1, -0.05) is 5.16 Å². The van der Waals surface area contributed by atoms with Crippen LogP contribution in [-0.2, 0) is 5.54 Å². The average Bonchev–Trinajstić information content (AvgIpc) is 2.82. The third-order valence-electron chi connectivity index (χ3n) is 3.07. The Kier molecular flexibility index (Phi) is 3.25. The Morgan fingerprint density at radius 3 is 2.71 bits per heavy atom. The number of nitrogens with zero attached hydrogens (tertiary/aromatic N) is 2. The minimum absolute atomic E-state index is 0. The number of halogens is 1. The van der Waals surface area contributed by atoms with Crippen LogP contribution in [0.3, 0.4) is 0 Å². The first-order valence-electron chi connectivity index (χ1n) is 5.37. The quantitative estimate of drug-likeness (QED) is 0.912. The molecule has 17 heavy (non-hydrogen) atoms. The SMILES string of the molecule is Cc1ccc(-c2nc(C3(N)CCC3)no2)s1.Cl. The van der Waals surface area contributed by atoms with Gasteiger partial charge in [0.05, 0.1) is 10.4 Å². The maximum atomic E-state index is 6.14. The zero-order valence-corrected chi connectivity index (χ0v) is 11.1. The number of thiophene rings is 1. The van der Waals surface area contributed by atoms with E-state index in [-0.39, 0.29) is 17.9 Å². The van der Waals surface area contributed by atoms with Crippen molar-refractivity contribution in [2.24, 2.45) is 5.73 Å². The lowest BCUT2D eigenvalue weighted by Gasteiger charge is -2.34. The number of rotatable bonds is 2. The van der Waals surface area contributed by atoms with Gasteiger partial charge in [-0.05, 0) is 38.3 Å². The summed E-state index contributed by atoms with van der Waals surface area (Å²) in [7, 11) is 0. The Morgan fingerprint density at radius 1 is 1.41 bits per heavy atom. The molecule has 6 heteroatoms. The Hall–Kier alpha value is -0.910. The average molecular weight is 272 g/mol. The van der Waals surface area contributed by atoms with Crippen molar-refractivity contribution in [2.45, 2.75) is 31.7 Å². The summed E-state index contributed by atoms with van der Waals surface area (Å²) >= 11 is 1.65. The molecule has 0 radical (unpaired) electrons. The number of hydrogen-bond acceptors (Lipinski definition) is 5. The lowest BCUT2D eigenvalue weighted by molar-refractivity contribution is 0.229. The molecular weight excluding hydrogens is 258 g/mol. The number of hydrogen-bond donors (Lipinski definition) is 1. The molecule has 4 nitrogen and oxygen atoms in total. The van der Waals surface area contributed by atoms with Gasteiger partial charge in [0.25, 0.3) is 5.89 Å². The van der Waals surface area contributed by atoms with E-state index in [0.717, 1.165) is 24.1 Å². The Balaban J connectivity index is 0.00000108. The van der Waals surface area contributed by atoms with Gasteiger partial charge in [0, 0.05) is 4.88 Å². The molecule has 0 aromatic carbocycles. The molecule has 2 N–H and O–H groups in total. The van der Waals surface area contributed by atoms with Crippen molar-refractivity contribution in [3.05, 3.63) is 22.8 Å². The van der Waals surface area contributed by atoms with E-state index in [1.165, 1.54) is 4.88 Å². The third kappa shape index (κ3) is 2.10.